The van der Waals surface area contributed by atoms with Crippen LogP contribution in [0, 0.1) is 5.92 Å². The van der Waals surface area contributed by atoms with Gasteiger partial charge in [-0.3, -0.25) is 4.79 Å². The Balaban J connectivity index is 1.44. The SMILES string of the molecule is O=C(C1CCN(CC2CO2)CC1)N1CCCC1. The first-order chi connectivity index (χ1) is 8.33. The summed E-state index contributed by atoms with van der Waals surface area (Å²) in [4.78, 5) is 16.7. The minimum absolute atomic E-state index is 0.296. The molecule has 1 amide bonds. The van der Waals surface area contributed by atoms with Gasteiger partial charge in [0.25, 0.3) is 0 Å². The van der Waals surface area contributed by atoms with Crippen LogP contribution in [-0.4, -0.2) is 61.1 Å². The highest BCUT2D eigenvalue weighted by atomic mass is 16.6. The molecule has 0 aromatic heterocycles. The van der Waals surface area contributed by atoms with Gasteiger partial charge in [0, 0.05) is 25.6 Å². The molecule has 3 aliphatic rings. The van der Waals surface area contributed by atoms with E-state index in [1.54, 1.807) is 0 Å². The second kappa shape index (κ2) is 4.94. The van der Waals surface area contributed by atoms with Gasteiger partial charge in [0.05, 0.1) is 12.7 Å². The molecule has 0 aliphatic carbocycles. The monoisotopic (exact) mass is 238 g/mol. The number of ether oxygens (including phenoxy) is 1. The fraction of sp³-hybridized carbons (Fsp3) is 0.923. The maximum atomic E-state index is 12.2. The topological polar surface area (TPSA) is 36.1 Å². The molecule has 0 bridgehead atoms. The van der Waals surface area contributed by atoms with Crippen LogP contribution >= 0.6 is 0 Å². The summed E-state index contributed by atoms with van der Waals surface area (Å²) in [5, 5.41) is 0. The predicted molar refractivity (Wildman–Crippen MR) is 64.7 cm³/mol. The van der Waals surface area contributed by atoms with Crippen LogP contribution in [0.3, 0.4) is 0 Å². The number of carbonyl (C=O) groups is 1. The standard InChI is InChI=1S/C13H22N2O2/c16-13(15-5-1-2-6-15)11-3-7-14(8-4-11)9-12-10-17-12/h11-12H,1-10H2. The van der Waals surface area contributed by atoms with Gasteiger partial charge in [-0.25, -0.2) is 0 Å². The normalized spacial score (nSPS) is 30.8. The lowest BCUT2D eigenvalue weighted by Crippen LogP contribution is -2.42. The molecule has 1 atom stereocenters. The summed E-state index contributed by atoms with van der Waals surface area (Å²) in [7, 11) is 0. The van der Waals surface area contributed by atoms with Crippen molar-refractivity contribution in [2.45, 2.75) is 31.8 Å². The fourth-order valence-electron chi connectivity index (χ4n) is 3.02. The van der Waals surface area contributed by atoms with E-state index in [1.165, 1.54) is 12.8 Å². The van der Waals surface area contributed by atoms with E-state index in [9.17, 15) is 4.79 Å². The molecular formula is C13H22N2O2. The van der Waals surface area contributed by atoms with Crippen LogP contribution in [-0.2, 0) is 9.53 Å². The van der Waals surface area contributed by atoms with Crippen LogP contribution < -0.4 is 0 Å². The number of carbonyl (C=O) groups excluding carboxylic acids is 1. The molecule has 17 heavy (non-hydrogen) atoms. The van der Waals surface area contributed by atoms with E-state index in [2.05, 4.69) is 9.80 Å². The molecule has 0 aromatic rings. The Morgan fingerprint density at radius 3 is 2.35 bits per heavy atom. The molecule has 96 valence electrons. The molecule has 3 heterocycles. The zero-order chi connectivity index (χ0) is 11.7. The lowest BCUT2D eigenvalue weighted by molar-refractivity contribution is -0.135. The second-order valence-electron chi connectivity index (χ2n) is 5.56. The molecule has 4 nitrogen and oxygen atoms in total. The maximum absolute atomic E-state index is 12.2. The molecule has 0 spiro atoms. The highest BCUT2D eigenvalue weighted by Crippen LogP contribution is 2.23. The number of hydrogen-bond donors (Lipinski definition) is 0. The molecule has 0 aromatic carbocycles. The van der Waals surface area contributed by atoms with Gasteiger partial charge in [-0.1, -0.05) is 0 Å². The number of nitrogens with zero attached hydrogens (tertiary/aromatic N) is 2. The van der Waals surface area contributed by atoms with Crippen molar-refractivity contribution in [1.82, 2.24) is 9.80 Å². The Labute approximate surface area is 103 Å². The van der Waals surface area contributed by atoms with Crippen LogP contribution in [0.15, 0.2) is 0 Å². The largest absolute Gasteiger partial charge is 0.372 e. The Morgan fingerprint density at radius 1 is 1.12 bits per heavy atom. The van der Waals surface area contributed by atoms with E-state index >= 15 is 0 Å². The van der Waals surface area contributed by atoms with Crippen LogP contribution in [0.5, 0.6) is 0 Å². The molecule has 3 saturated heterocycles. The summed E-state index contributed by atoms with van der Waals surface area (Å²) in [6, 6.07) is 0. The van der Waals surface area contributed by atoms with Crippen molar-refractivity contribution in [2.75, 3.05) is 39.3 Å². The third kappa shape index (κ3) is 2.80. The Hall–Kier alpha value is -0.610. The molecule has 1 unspecified atom stereocenters. The highest BCUT2D eigenvalue weighted by Gasteiger charge is 2.32. The van der Waals surface area contributed by atoms with Crippen LogP contribution in [0.1, 0.15) is 25.7 Å². The molecule has 3 rings (SSSR count). The van der Waals surface area contributed by atoms with Gasteiger partial charge < -0.3 is 14.5 Å². The molecule has 4 heteroatoms. The van der Waals surface area contributed by atoms with E-state index in [0.717, 1.165) is 52.2 Å². The Bertz CT molecular complexity index is 277. The first-order valence-electron chi connectivity index (χ1n) is 6.95. The van der Waals surface area contributed by atoms with Gasteiger partial charge in [0.2, 0.25) is 5.91 Å². The molecule has 0 N–H and O–H groups in total. The smallest absolute Gasteiger partial charge is 0.225 e. The van der Waals surface area contributed by atoms with Crippen molar-refractivity contribution >= 4 is 5.91 Å². The first kappa shape index (κ1) is 11.5. The summed E-state index contributed by atoms with van der Waals surface area (Å²) < 4.78 is 5.25. The molecule has 3 fully saturated rings. The quantitative estimate of drug-likeness (QED) is 0.680. The average Bonchev–Trinajstić information content (AvgIpc) is 3.00. The summed E-state index contributed by atoms with van der Waals surface area (Å²) in [6.45, 7) is 6.15. The van der Waals surface area contributed by atoms with E-state index < -0.39 is 0 Å². The van der Waals surface area contributed by atoms with Crippen LogP contribution in [0.25, 0.3) is 0 Å². The van der Waals surface area contributed by atoms with Crippen molar-refractivity contribution in [3.63, 3.8) is 0 Å². The maximum Gasteiger partial charge on any atom is 0.225 e. The van der Waals surface area contributed by atoms with Gasteiger partial charge in [0.15, 0.2) is 0 Å². The molecule has 0 saturated carbocycles. The number of hydrogen-bond acceptors (Lipinski definition) is 3. The third-order valence-electron chi connectivity index (χ3n) is 4.22. The molecular weight excluding hydrogens is 216 g/mol. The summed E-state index contributed by atoms with van der Waals surface area (Å²) in [5.74, 6) is 0.717. The summed E-state index contributed by atoms with van der Waals surface area (Å²) >= 11 is 0. The Kier molecular flexibility index (Phi) is 3.34. The zero-order valence-corrected chi connectivity index (χ0v) is 10.4. The van der Waals surface area contributed by atoms with E-state index in [4.69, 9.17) is 4.74 Å². The van der Waals surface area contributed by atoms with Gasteiger partial charge in [-0.2, -0.15) is 0 Å². The number of amides is 1. The van der Waals surface area contributed by atoms with Crippen molar-refractivity contribution in [2.24, 2.45) is 5.92 Å². The molecule has 0 radical (unpaired) electrons. The number of likely N-dealkylation sites (tertiary alicyclic amines) is 2. The van der Waals surface area contributed by atoms with Gasteiger partial charge in [-0.15, -0.1) is 0 Å². The number of piperidine rings is 1. The van der Waals surface area contributed by atoms with Crippen molar-refractivity contribution in [3.8, 4) is 0 Å². The lowest BCUT2D eigenvalue weighted by Gasteiger charge is -2.32. The summed E-state index contributed by atoms with van der Waals surface area (Å²) in [5.41, 5.74) is 0. The number of rotatable bonds is 3. The van der Waals surface area contributed by atoms with Crippen molar-refractivity contribution < 1.29 is 9.53 Å². The minimum Gasteiger partial charge on any atom is -0.372 e. The summed E-state index contributed by atoms with van der Waals surface area (Å²) in [6.07, 6.45) is 4.97. The van der Waals surface area contributed by atoms with Crippen LogP contribution in [0.2, 0.25) is 0 Å². The highest BCUT2D eigenvalue weighted by molar-refractivity contribution is 5.79. The van der Waals surface area contributed by atoms with Crippen molar-refractivity contribution in [3.05, 3.63) is 0 Å². The van der Waals surface area contributed by atoms with Gasteiger partial charge >= 0.3 is 0 Å². The van der Waals surface area contributed by atoms with Crippen LogP contribution in [0.4, 0.5) is 0 Å². The average molecular weight is 238 g/mol. The minimum atomic E-state index is 0.296. The second-order valence-corrected chi connectivity index (χ2v) is 5.56. The van der Waals surface area contributed by atoms with E-state index in [-0.39, 0.29) is 0 Å². The van der Waals surface area contributed by atoms with Gasteiger partial charge in [-0.05, 0) is 38.8 Å². The Morgan fingerprint density at radius 2 is 1.76 bits per heavy atom. The fourth-order valence-corrected chi connectivity index (χ4v) is 3.02. The van der Waals surface area contributed by atoms with E-state index in [0.29, 0.717) is 17.9 Å². The predicted octanol–water partition coefficient (Wildman–Crippen LogP) is 0.720. The number of epoxide rings is 1. The first-order valence-corrected chi connectivity index (χ1v) is 6.95. The molecule has 3 aliphatic heterocycles. The third-order valence-corrected chi connectivity index (χ3v) is 4.22. The van der Waals surface area contributed by atoms with Gasteiger partial charge in [0.1, 0.15) is 0 Å². The lowest BCUT2D eigenvalue weighted by atomic mass is 9.95. The van der Waals surface area contributed by atoms with Crippen molar-refractivity contribution in [1.29, 1.82) is 0 Å². The zero-order valence-electron chi connectivity index (χ0n) is 10.4. The van der Waals surface area contributed by atoms with E-state index in [1.807, 2.05) is 0 Å².